The Balaban J connectivity index is 1.65. The van der Waals surface area contributed by atoms with E-state index in [-0.39, 0.29) is 0 Å². The lowest BCUT2D eigenvalue weighted by Gasteiger charge is -2.10. The second-order valence-electron chi connectivity index (χ2n) is 7.47. The van der Waals surface area contributed by atoms with E-state index in [1.54, 1.807) is 0 Å². The van der Waals surface area contributed by atoms with E-state index >= 15 is 0 Å². The lowest BCUT2D eigenvalue weighted by atomic mass is 9.99. The van der Waals surface area contributed by atoms with Gasteiger partial charge in [0.1, 0.15) is 5.65 Å². The van der Waals surface area contributed by atoms with Crippen molar-refractivity contribution in [2.24, 2.45) is 0 Å². The molecule has 0 saturated carbocycles. The smallest absolute Gasteiger partial charge is 0.138 e. The lowest BCUT2D eigenvalue weighted by molar-refractivity contribution is 1.14. The summed E-state index contributed by atoms with van der Waals surface area (Å²) in [4.78, 5) is 17.2. The summed E-state index contributed by atoms with van der Waals surface area (Å²) in [6, 6.07) is 21.1. The highest BCUT2D eigenvalue weighted by molar-refractivity contribution is 5.95. The number of H-pyrrole nitrogens is 1. The Morgan fingerprint density at radius 1 is 0.800 bits per heavy atom. The number of benzene rings is 1. The molecule has 4 aromatic heterocycles. The molecule has 0 spiro atoms. The summed E-state index contributed by atoms with van der Waals surface area (Å²) in [6.07, 6.45) is 6.80. The Bertz CT molecular complexity index is 1330. The van der Waals surface area contributed by atoms with Crippen molar-refractivity contribution in [2.45, 2.75) is 20.3 Å². The lowest BCUT2D eigenvalue weighted by Crippen LogP contribution is -1.93. The maximum absolute atomic E-state index is 4.79. The molecule has 0 bridgehead atoms. The fourth-order valence-electron chi connectivity index (χ4n) is 3.77. The van der Waals surface area contributed by atoms with Crippen molar-refractivity contribution in [1.29, 1.82) is 0 Å². The number of hydrogen-bond acceptors (Lipinski definition) is 3. The molecule has 0 unspecified atom stereocenters. The van der Waals surface area contributed by atoms with Gasteiger partial charge in [0.05, 0.1) is 11.4 Å². The standard InChI is InChI=1S/C26H22N4/c1-3-18-7-9-19(10-8-18)20-13-21(16-27-15-20)23-14-25(24-6-4-5-17(2)29-24)30-26-22(23)11-12-28-26/h4-16H,3H2,1-2H3,(H,28,30). The molecular weight excluding hydrogens is 368 g/mol. The summed E-state index contributed by atoms with van der Waals surface area (Å²) in [5.41, 5.74) is 9.30. The van der Waals surface area contributed by atoms with Crippen LogP contribution in [0.1, 0.15) is 18.2 Å². The minimum Gasteiger partial charge on any atom is -0.346 e. The second kappa shape index (κ2) is 7.56. The second-order valence-corrected chi connectivity index (χ2v) is 7.47. The Morgan fingerprint density at radius 2 is 1.63 bits per heavy atom. The highest BCUT2D eigenvalue weighted by Gasteiger charge is 2.12. The third kappa shape index (κ3) is 3.37. The highest BCUT2D eigenvalue weighted by atomic mass is 14.9. The molecule has 0 fully saturated rings. The summed E-state index contributed by atoms with van der Waals surface area (Å²) >= 11 is 0. The predicted octanol–water partition coefficient (Wildman–Crippen LogP) is 6.22. The van der Waals surface area contributed by atoms with Crippen LogP contribution in [0.3, 0.4) is 0 Å². The summed E-state index contributed by atoms with van der Waals surface area (Å²) in [6.45, 7) is 4.16. The number of nitrogens with one attached hydrogen (secondary N) is 1. The molecule has 5 aromatic rings. The molecule has 1 aromatic carbocycles. The highest BCUT2D eigenvalue weighted by Crippen LogP contribution is 2.33. The van der Waals surface area contributed by atoms with Crippen molar-refractivity contribution in [2.75, 3.05) is 0 Å². The molecule has 0 amide bonds. The molecule has 0 aliphatic rings. The van der Waals surface area contributed by atoms with E-state index in [4.69, 9.17) is 4.98 Å². The average Bonchev–Trinajstić information content (AvgIpc) is 3.27. The molecular formula is C26H22N4. The Morgan fingerprint density at radius 3 is 2.43 bits per heavy atom. The molecule has 146 valence electrons. The van der Waals surface area contributed by atoms with Gasteiger partial charge in [0.25, 0.3) is 0 Å². The zero-order valence-corrected chi connectivity index (χ0v) is 17.1. The van der Waals surface area contributed by atoms with E-state index < -0.39 is 0 Å². The summed E-state index contributed by atoms with van der Waals surface area (Å²) in [5, 5.41) is 1.08. The topological polar surface area (TPSA) is 54.5 Å². The summed E-state index contributed by atoms with van der Waals surface area (Å²) < 4.78 is 0. The number of nitrogens with zero attached hydrogens (tertiary/aromatic N) is 3. The third-order valence-corrected chi connectivity index (χ3v) is 5.42. The molecule has 0 aliphatic heterocycles. The van der Waals surface area contributed by atoms with Crippen molar-refractivity contribution in [3.63, 3.8) is 0 Å². The number of aromatic nitrogens is 4. The molecule has 0 aliphatic carbocycles. The van der Waals surface area contributed by atoms with Crippen molar-refractivity contribution in [3.8, 4) is 33.6 Å². The van der Waals surface area contributed by atoms with Crippen LogP contribution in [0.25, 0.3) is 44.7 Å². The van der Waals surface area contributed by atoms with Gasteiger partial charge in [-0.2, -0.15) is 0 Å². The average molecular weight is 390 g/mol. The zero-order chi connectivity index (χ0) is 20.5. The van der Waals surface area contributed by atoms with Crippen LogP contribution in [0.5, 0.6) is 0 Å². The normalized spacial score (nSPS) is 11.1. The third-order valence-electron chi connectivity index (χ3n) is 5.42. The number of fused-ring (bicyclic) bond motifs is 1. The number of hydrogen-bond donors (Lipinski definition) is 1. The fraction of sp³-hybridized carbons (Fsp3) is 0.115. The maximum Gasteiger partial charge on any atom is 0.138 e. The first-order chi connectivity index (χ1) is 14.7. The van der Waals surface area contributed by atoms with Crippen molar-refractivity contribution in [1.82, 2.24) is 19.9 Å². The largest absolute Gasteiger partial charge is 0.346 e. The van der Waals surface area contributed by atoms with Gasteiger partial charge >= 0.3 is 0 Å². The van der Waals surface area contributed by atoms with Gasteiger partial charge in [-0.15, -0.1) is 0 Å². The first-order valence-electron chi connectivity index (χ1n) is 10.2. The van der Waals surface area contributed by atoms with Gasteiger partial charge in [-0.05, 0) is 60.4 Å². The molecule has 30 heavy (non-hydrogen) atoms. The first-order valence-corrected chi connectivity index (χ1v) is 10.2. The van der Waals surface area contributed by atoms with Crippen LogP contribution in [0.4, 0.5) is 0 Å². The van der Waals surface area contributed by atoms with Crippen LogP contribution < -0.4 is 0 Å². The van der Waals surface area contributed by atoms with Gasteiger partial charge in [-0.25, -0.2) is 4.98 Å². The van der Waals surface area contributed by atoms with E-state index in [9.17, 15) is 0 Å². The molecule has 4 nitrogen and oxygen atoms in total. The Hall–Kier alpha value is -3.79. The van der Waals surface area contributed by atoms with Crippen LogP contribution in [-0.4, -0.2) is 19.9 Å². The van der Waals surface area contributed by atoms with E-state index in [1.807, 2.05) is 43.7 Å². The zero-order valence-electron chi connectivity index (χ0n) is 17.1. The van der Waals surface area contributed by atoms with Gasteiger partial charge in [-0.1, -0.05) is 37.3 Å². The molecule has 0 saturated heterocycles. The Kier molecular flexibility index (Phi) is 4.60. The first kappa shape index (κ1) is 18.3. The van der Waals surface area contributed by atoms with Gasteiger partial charge in [0.15, 0.2) is 0 Å². The molecule has 0 atom stereocenters. The summed E-state index contributed by atoms with van der Waals surface area (Å²) in [5.74, 6) is 0. The van der Waals surface area contributed by atoms with Crippen LogP contribution in [-0.2, 0) is 6.42 Å². The van der Waals surface area contributed by atoms with Gasteiger partial charge in [0, 0.05) is 40.8 Å². The SMILES string of the molecule is CCc1ccc(-c2cncc(-c3cc(-c4cccc(C)n4)nc4[nH]ccc34)c2)cc1. The number of aromatic amines is 1. The van der Waals surface area contributed by atoms with Crippen LogP contribution in [0.2, 0.25) is 0 Å². The maximum atomic E-state index is 4.79. The molecule has 4 heterocycles. The molecule has 1 N–H and O–H groups in total. The number of aryl methyl sites for hydroxylation is 2. The van der Waals surface area contributed by atoms with Gasteiger partial charge in [0.2, 0.25) is 0 Å². The molecule has 4 heteroatoms. The van der Waals surface area contributed by atoms with E-state index in [1.165, 1.54) is 11.1 Å². The van der Waals surface area contributed by atoms with Crippen molar-refractivity contribution >= 4 is 11.0 Å². The predicted molar refractivity (Wildman–Crippen MR) is 122 cm³/mol. The quantitative estimate of drug-likeness (QED) is 0.396. The van der Waals surface area contributed by atoms with E-state index in [0.717, 1.165) is 51.2 Å². The molecule has 0 radical (unpaired) electrons. The van der Waals surface area contributed by atoms with E-state index in [2.05, 4.69) is 64.3 Å². The van der Waals surface area contributed by atoms with Gasteiger partial charge in [-0.3, -0.25) is 9.97 Å². The fourth-order valence-corrected chi connectivity index (χ4v) is 3.77. The van der Waals surface area contributed by atoms with Gasteiger partial charge < -0.3 is 4.98 Å². The molecule has 5 rings (SSSR count). The van der Waals surface area contributed by atoms with Crippen molar-refractivity contribution < 1.29 is 0 Å². The minimum absolute atomic E-state index is 0.848. The summed E-state index contributed by atoms with van der Waals surface area (Å²) in [7, 11) is 0. The minimum atomic E-state index is 0.848. The van der Waals surface area contributed by atoms with Crippen LogP contribution in [0, 0.1) is 6.92 Å². The monoisotopic (exact) mass is 390 g/mol. The number of pyridine rings is 3. The number of rotatable bonds is 4. The Labute approximate surface area is 175 Å². The van der Waals surface area contributed by atoms with Crippen molar-refractivity contribution in [3.05, 3.63) is 90.5 Å². The van der Waals surface area contributed by atoms with Crippen LogP contribution in [0.15, 0.2) is 79.3 Å². The van der Waals surface area contributed by atoms with Crippen LogP contribution >= 0.6 is 0 Å². The van der Waals surface area contributed by atoms with E-state index in [0.29, 0.717) is 0 Å².